The van der Waals surface area contributed by atoms with Gasteiger partial charge in [-0.1, -0.05) is 6.92 Å². The Bertz CT molecular complexity index is 208. The Hall–Kier alpha value is 0.270. The first-order valence-electron chi connectivity index (χ1n) is 6.24. The summed E-state index contributed by atoms with van der Waals surface area (Å²) in [6.45, 7) is 3.10. The van der Waals surface area contributed by atoms with Gasteiger partial charge in [-0.3, -0.25) is 0 Å². The first-order chi connectivity index (χ1) is 7.26. The van der Waals surface area contributed by atoms with Gasteiger partial charge in [-0.25, -0.2) is 0 Å². The molecule has 2 fully saturated rings. The van der Waals surface area contributed by atoms with Crippen molar-refractivity contribution in [1.29, 1.82) is 0 Å². The summed E-state index contributed by atoms with van der Waals surface area (Å²) in [7, 11) is 0. The zero-order chi connectivity index (χ0) is 10.7. The number of hydrogen-bond acceptors (Lipinski definition) is 3. The van der Waals surface area contributed by atoms with Gasteiger partial charge in [0.05, 0.1) is 6.10 Å². The highest BCUT2D eigenvalue weighted by molar-refractivity contribution is 7.99. The van der Waals surface area contributed by atoms with Gasteiger partial charge in [-0.05, 0) is 49.5 Å². The quantitative estimate of drug-likeness (QED) is 0.710. The van der Waals surface area contributed by atoms with Gasteiger partial charge in [0.25, 0.3) is 0 Å². The van der Waals surface area contributed by atoms with E-state index in [-0.39, 0.29) is 5.54 Å². The van der Waals surface area contributed by atoms with E-state index in [4.69, 9.17) is 10.5 Å². The van der Waals surface area contributed by atoms with Gasteiger partial charge >= 0.3 is 0 Å². The van der Waals surface area contributed by atoms with Gasteiger partial charge in [0.1, 0.15) is 0 Å². The van der Waals surface area contributed by atoms with Crippen LogP contribution in [0.15, 0.2) is 0 Å². The van der Waals surface area contributed by atoms with E-state index < -0.39 is 0 Å². The number of rotatable bonds is 6. The van der Waals surface area contributed by atoms with E-state index in [0.717, 1.165) is 25.4 Å². The largest absolute Gasteiger partial charge is 0.376 e. The lowest BCUT2D eigenvalue weighted by molar-refractivity contribution is 0.0601. The number of thioether (sulfide) groups is 1. The Morgan fingerprint density at radius 2 is 2.27 bits per heavy atom. The summed E-state index contributed by atoms with van der Waals surface area (Å²) < 4.78 is 5.82. The van der Waals surface area contributed by atoms with E-state index in [0.29, 0.717) is 6.10 Å². The average molecular weight is 229 g/mol. The Balaban J connectivity index is 1.76. The summed E-state index contributed by atoms with van der Waals surface area (Å²) >= 11 is 2.02. The SMILES string of the molecule is CCSCCCC1(N)CCOC1C1CC1. The van der Waals surface area contributed by atoms with Crippen molar-refractivity contribution >= 4 is 11.8 Å². The third-order valence-corrected chi connectivity index (χ3v) is 4.60. The molecule has 2 atom stereocenters. The predicted molar refractivity (Wildman–Crippen MR) is 66.2 cm³/mol. The average Bonchev–Trinajstić information content (AvgIpc) is 2.98. The fraction of sp³-hybridized carbons (Fsp3) is 1.00. The molecule has 1 heterocycles. The summed E-state index contributed by atoms with van der Waals surface area (Å²) in [5.74, 6) is 3.27. The molecule has 3 heteroatoms. The summed E-state index contributed by atoms with van der Waals surface area (Å²) in [6, 6.07) is 0. The molecule has 2 N–H and O–H groups in total. The lowest BCUT2D eigenvalue weighted by Gasteiger charge is -2.30. The van der Waals surface area contributed by atoms with Crippen molar-refractivity contribution in [3.8, 4) is 0 Å². The third kappa shape index (κ3) is 2.89. The zero-order valence-corrected chi connectivity index (χ0v) is 10.5. The van der Waals surface area contributed by atoms with Crippen LogP contribution in [0.4, 0.5) is 0 Å². The molecule has 2 unspecified atom stereocenters. The minimum Gasteiger partial charge on any atom is -0.376 e. The van der Waals surface area contributed by atoms with Crippen molar-refractivity contribution in [2.75, 3.05) is 18.1 Å². The van der Waals surface area contributed by atoms with E-state index in [2.05, 4.69) is 6.92 Å². The van der Waals surface area contributed by atoms with E-state index in [9.17, 15) is 0 Å². The second kappa shape index (κ2) is 5.07. The van der Waals surface area contributed by atoms with Gasteiger partial charge in [0.15, 0.2) is 0 Å². The molecule has 88 valence electrons. The predicted octanol–water partition coefficient (Wildman–Crippen LogP) is 2.42. The topological polar surface area (TPSA) is 35.2 Å². The molecule has 1 aliphatic heterocycles. The van der Waals surface area contributed by atoms with Crippen LogP contribution in [0.2, 0.25) is 0 Å². The lowest BCUT2D eigenvalue weighted by atomic mass is 9.85. The van der Waals surface area contributed by atoms with Gasteiger partial charge < -0.3 is 10.5 Å². The molecular weight excluding hydrogens is 206 g/mol. The van der Waals surface area contributed by atoms with Crippen molar-refractivity contribution in [2.24, 2.45) is 11.7 Å². The Kier molecular flexibility index (Phi) is 3.97. The molecule has 2 rings (SSSR count). The highest BCUT2D eigenvalue weighted by atomic mass is 32.2. The van der Waals surface area contributed by atoms with E-state index in [1.165, 1.54) is 30.8 Å². The van der Waals surface area contributed by atoms with Crippen molar-refractivity contribution in [3.63, 3.8) is 0 Å². The Morgan fingerprint density at radius 1 is 1.47 bits per heavy atom. The van der Waals surface area contributed by atoms with Crippen molar-refractivity contribution < 1.29 is 4.74 Å². The molecular formula is C12H23NOS. The van der Waals surface area contributed by atoms with Crippen molar-refractivity contribution in [1.82, 2.24) is 0 Å². The highest BCUT2D eigenvalue weighted by Crippen LogP contribution is 2.43. The lowest BCUT2D eigenvalue weighted by Crippen LogP contribution is -2.48. The molecule has 2 aliphatic rings. The van der Waals surface area contributed by atoms with E-state index in [1.807, 2.05) is 11.8 Å². The molecule has 2 nitrogen and oxygen atoms in total. The van der Waals surface area contributed by atoms with Crippen LogP contribution in [0.25, 0.3) is 0 Å². The summed E-state index contributed by atoms with van der Waals surface area (Å²) in [5, 5.41) is 0. The van der Waals surface area contributed by atoms with Crippen molar-refractivity contribution in [2.45, 2.75) is 50.7 Å². The number of hydrogen-bond donors (Lipinski definition) is 1. The molecule has 0 bridgehead atoms. The van der Waals surface area contributed by atoms with Crippen LogP contribution < -0.4 is 5.73 Å². The second-order valence-corrected chi connectivity index (χ2v) is 6.31. The molecule has 1 saturated heterocycles. The van der Waals surface area contributed by atoms with Gasteiger partial charge in [-0.15, -0.1) is 0 Å². The fourth-order valence-electron chi connectivity index (χ4n) is 2.60. The van der Waals surface area contributed by atoms with Crippen LogP contribution in [0, 0.1) is 5.92 Å². The normalized spacial score (nSPS) is 36.0. The maximum absolute atomic E-state index is 6.49. The van der Waals surface area contributed by atoms with Crippen LogP contribution in [0.3, 0.4) is 0 Å². The maximum atomic E-state index is 6.49. The third-order valence-electron chi connectivity index (χ3n) is 3.62. The van der Waals surface area contributed by atoms with E-state index >= 15 is 0 Å². The number of ether oxygens (including phenoxy) is 1. The standard InChI is InChI=1S/C12H23NOS/c1-2-15-9-3-6-12(13)7-8-14-11(12)10-4-5-10/h10-11H,2-9,13H2,1H3. The second-order valence-electron chi connectivity index (χ2n) is 4.91. The number of nitrogens with two attached hydrogens (primary N) is 1. The molecule has 1 saturated carbocycles. The van der Waals surface area contributed by atoms with Crippen LogP contribution in [0.1, 0.15) is 39.0 Å². The molecule has 0 aromatic rings. The highest BCUT2D eigenvalue weighted by Gasteiger charge is 2.48. The monoisotopic (exact) mass is 229 g/mol. The van der Waals surface area contributed by atoms with Gasteiger partial charge in [-0.2, -0.15) is 11.8 Å². The summed E-state index contributed by atoms with van der Waals surface area (Å²) in [4.78, 5) is 0. The van der Waals surface area contributed by atoms with Gasteiger partial charge in [0.2, 0.25) is 0 Å². The van der Waals surface area contributed by atoms with Crippen LogP contribution in [-0.2, 0) is 4.74 Å². The Morgan fingerprint density at radius 3 is 2.93 bits per heavy atom. The van der Waals surface area contributed by atoms with E-state index in [1.54, 1.807) is 0 Å². The minimum atomic E-state index is 0.00939. The minimum absolute atomic E-state index is 0.00939. The first-order valence-corrected chi connectivity index (χ1v) is 7.40. The molecule has 0 aromatic carbocycles. The Labute approximate surface area is 97.3 Å². The molecule has 0 radical (unpaired) electrons. The smallest absolute Gasteiger partial charge is 0.0783 e. The van der Waals surface area contributed by atoms with Gasteiger partial charge in [0, 0.05) is 12.1 Å². The molecule has 0 aromatic heterocycles. The molecule has 1 aliphatic carbocycles. The van der Waals surface area contributed by atoms with Crippen LogP contribution in [-0.4, -0.2) is 29.8 Å². The van der Waals surface area contributed by atoms with Crippen LogP contribution in [0.5, 0.6) is 0 Å². The zero-order valence-electron chi connectivity index (χ0n) is 9.71. The molecule has 0 spiro atoms. The maximum Gasteiger partial charge on any atom is 0.0783 e. The first kappa shape index (κ1) is 11.7. The van der Waals surface area contributed by atoms with Crippen LogP contribution >= 0.6 is 11.8 Å². The summed E-state index contributed by atoms with van der Waals surface area (Å²) in [6.07, 6.45) is 6.54. The fourth-order valence-corrected chi connectivity index (χ4v) is 3.24. The van der Waals surface area contributed by atoms with Crippen molar-refractivity contribution in [3.05, 3.63) is 0 Å². The molecule has 15 heavy (non-hydrogen) atoms. The summed E-state index contributed by atoms with van der Waals surface area (Å²) in [5.41, 5.74) is 6.50. The molecule has 0 amide bonds.